The van der Waals surface area contributed by atoms with Crippen LogP contribution in [0.1, 0.15) is 22.8 Å². The molecule has 2 aromatic rings. The molecule has 6 heteroatoms. The molecule has 2 aromatic carbocycles. The number of anilines is 1. The van der Waals surface area contributed by atoms with E-state index in [0.717, 1.165) is 5.56 Å². The van der Waals surface area contributed by atoms with Crippen molar-refractivity contribution in [2.75, 3.05) is 11.8 Å². The molecule has 0 saturated heterocycles. The number of nitrogens with one attached hydrogen (secondary N) is 1. The molecule has 0 spiro atoms. The van der Waals surface area contributed by atoms with Gasteiger partial charge in [0.15, 0.2) is 5.78 Å². The highest BCUT2D eigenvalue weighted by Gasteiger charge is 2.17. The molecule has 0 unspecified atom stereocenters. The first-order chi connectivity index (χ1) is 10.3. The number of methoxy groups -OCH3 is 1. The van der Waals surface area contributed by atoms with Gasteiger partial charge in [-0.05, 0) is 43.7 Å². The van der Waals surface area contributed by atoms with Crippen LogP contribution < -0.4 is 9.46 Å². The highest BCUT2D eigenvalue weighted by molar-refractivity contribution is 7.92. The maximum Gasteiger partial charge on any atom is 0.262 e. The molecule has 0 fully saturated rings. The fraction of sp³-hybridized carbons (Fsp3) is 0.188. The zero-order valence-corrected chi connectivity index (χ0v) is 13.4. The van der Waals surface area contributed by atoms with E-state index in [1.807, 2.05) is 13.0 Å². The molecule has 0 saturated carbocycles. The van der Waals surface area contributed by atoms with Gasteiger partial charge in [0.25, 0.3) is 10.0 Å². The summed E-state index contributed by atoms with van der Waals surface area (Å²) in [5.41, 5.74) is 1.75. The van der Waals surface area contributed by atoms with Crippen molar-refractivity contribution in [1.29, 1.82) is 0 Å². The van der Waals surface area contributed by atoms with E-state index in [2.05, 4.69) is 4.72 Å². The number of hydrogen-bond acceptors (Lipinski definition) is 4. The molecule has 0 amide bonds. The van der Waals surface area contributed by atoms with Gasteiger partial charge >= 0.3 is 0 Å². The van der Waals surface area contributed by atoms with Crippen molar-refractivity contribution in [3.8, 4) is 5.75 Å². The first-order valence-corrected chi connectivity index (χ1v) is 8.10. The molecular weight excluding hydrogens is 302 g/mol. The molecule has 1 N–H and O–H groups in total. The Bertz CT molecular complexity index is 795. The molecule has 0 radical (unpaired) electrons. The summed E-state index contributed by atoms with van der Waals surface area (Å²) in [4.78, 5) is 11.3. The SMILES string of the molecule is COc1ccc(C)cc1NS(=O)(=O)c1ccc(C(C)=O)cc1. The minimum absolute atomic E-state index is 0.0843. The van der Waals surface area contributed by atoms with Crippen LogP contribution in [0.5, 0.6) is 5.75 Å². The molecule has 5 nitrogen and oxygen atoms in total. The lowest BCUT2D eigenvalue weighted by Gasteiger charge is -2.12. The second kappa shape index (κ2) is 6.19. The second-order valence-corrected chi connectivity index (χ2v) is 6.57. The van der Waals surface area contributed by atoms with Gasteiger partial charge in [0.1, 0.15) is 5.75 Å². The van der Waals surface area contributed by atoms with Crippen LogP contribution >= 0.6 is 0 Å². The van der Waals surface area contributed by atoms with Crippen molar-refractivity contribution in [3.63, 3.8) is 0 Å². The molecule has 0 aliphatic rings. The Morgan fingerprint density at radius 2 is 1.73 bits per heavy atom. The fourth-order valence-electron chi connectivity index (χ4n) is 1.97. The third-order valence-corrected chi connectivity index (χ3v) is 4.55. The zero-order chi connectivity index (χ0) is 16.3. The zero-order valence-electron chi connectivity index (χ0n) is 12.6. The lowest BCUT2D eigenvalue weighted by atomic mass is 10.2. The van der Waals surface area contributed by atoms with E-state index in [9.17, 15) is 13.2 Å². The molecule has 0 bridgehead atoms. The van der Waals surface area contributed by atoms with Crippen LogP contribution in [0.15, 0.2) is 47.4 Å². The van der Waals surface area contributed by atoms with Gasteiger partial charge in [0.2, 0.25) is 0 Å². The summed E-state index contributed by atoms with van der Waals surface area (Å²) in [6.45, 7) is 3.29. The molecule has 0 aliphatic heterocycles. The van der Waals surface area contributed by atoms with Crippen molar-refractivity contribution in [2.24, 2.45) is 0 Å². The Labute approximate surface area is 130 Å². The van der Waals surface area contributed by atoms with Gasteiger partial charge in [-0.15, -0.1) is 0 Å². The van der Waals surface area contributed by atoms with Gasteiger partial charge in [0.05, 0.1) is 17.7 Å². The number of carbonyl (C=O) groups is 1. The monoisotopic (exact) mass is 319 g/mol. The summed E-state index contributed by atoms with van der Waals surface area (Å²) in [5.74, 6) is 0.326. The number of Topliss-reactive ketones (excluding diaryl/α,β-unsaturated/α-hetero) is 1. The van der Waals surface area contributed by atoms with Crippen molar-refractivity contribution in [1.82, 2.24) is 0 Å². The van der Waals surface area contributed by atoms with E-state index in [0.29, 0.717) is 17.0 Å². The highest BCUT2D eigenvalue weighted by Crippen LogP contribution is 2.27. The van der Waals surface area contributed by atoms with E-state index in [4.69, 9.17) is 4.74 Å². The smallest absolute Gasteiger partial charge is 0.262 e. The van der Waals surface area contributed by atoms with Crippen LogP contribution in [0.25, 0.3) is 0 Å². The molecule has 116 valence electrons. The van der Waals surface area contributed by atoms with E-state index in [1.165, 1.54) is 38.3 Å². The Hall–Kier alpha value is -2.34. The number of rotatable bonds is 5. The van der Waals surface area contributed by atoms with Crippen molar-refractivity contribution >= 4 is 21.5 Å². The first kappa shape index (κ1) is 16.0. The fourth-order valence-corrected chi connectivity index (χ4v) is 3.04. The lowest BCUT2D eigenvalue weighted by Crippen LogP contribution is -2.14. The number of benzene rings is 2. The summed E-state index contributed by atoms with van der Waals surface area (Å²) in [5, 5.41) is 0. The molecule has 0 aliphatic carbocycles. The van der Waals surface area contributed by atoms with Crippen LogP contribution in [-0.4, -0.2) is 21.3 Å². The third-order valence-electron chi connectivity index (χ3n) is 3.17. The summed E-state index contributed by atoms with van der Waals surface area (Å²) >= 11 is 0. The van der Waals surface area contributed by atoms with Gasteiger partial charge in [-0.2, -0.15) is 0 Å². The summed E-state index contributed by atoms with van der Waals surface area (Å²) in [6.07, 6.45) is 0. The van der Waals surface area contributed by atoms with E-state index in [-0.39, 0.29) is 10.7 Å². The van der Waals surface area contributed by atoms with Crippen LogP contribution in [-0.2, 0) is 10.0 Å². The Morgan fingerprint density at radius 3 is 2.27 bits per heavy atom. The largest absolute Gasteiger partial charge is 0.495 e. The molecular formula is C16H17NO4S. The average molecular weight is 319 g/mol. The average Bonchev–Trinajstić information content (AvgIpc) is 2.47. The predicted molar refractivity (Wildman–Crippen MR) is 85.0 cm³/mol. The maximum absolute atomic E-state index is 12.4. The summed E-state index contributed by atoms with van der Waals surface area (Å²) in [7, 11) is -2.27. The predicted octanol–water partition coefficient (Wildman–Crippen LogP) is 3.01. The van der Waals surface area contributed by atoms with Gasteiger partial charge in [-0.1, -0.05) is 18.2 Å². The van der Waals surface area contributed by atoms with Gasteiger partial charge in [-0.3, -0.25) is 9.52 Å². The normalized spacial score (nSPS) is 11.0. The van der Waals surface area contributed by atoms with Crippen LogP contribution in [0.3, 0.4) is 0 Å². The summed E-state index contributed by atoms with van der Waals surface area (Å²) < 4.78 is 32.5. The molecule has 0 atom stereocenters. The number of sulfonamides is 1. The lowest BCUT2D eigenvalue weighted by molar-refractivity contribution is 0.101. The Balaban J connectivity index is 2.35. The Morgan fingerprint density at radius 1 is 1.09 bits per heavy atom. The first-order valence-electron chi connectivity index (χ1n) is 6.62. The van der Waals surface area contributed by atoms with Gasteiger partial charge in [0, 0.05) is 5.56 Å². The van der Waals surface area contributed by atoms with Crippen molar-refractivity contribution < 1.29 is 17.9 Å². The van der Waals surface area contributed by atoms with Crippen LogP contribution in [0, 0.1) is 6.92 Å². The number of ether oxygens (including phenoxy) is 1. The topological polar surface area (TPSA) is 72.5 Å². The minimum Gasteiger partial charge on any atom is -0.495 e. The van der Waals surface area contributed by atoms with E-state index >= 15 is 0 Å². The van der Waals surface area contributed by atoms with Crippen molar-refractivity contribution in [2.45, 2.75) is 18.7 Å². The van der Waals surface area contributed by atoms with Gasteiger partial charge in [-0.25, -0.2) is 8.42 Å². The maximum atomic E-state index is 12.4. The minimum atomic E-state index is -3.75. The van der Waals surface area contributed by atoms with Gasteiger partial charge < -0.3 is 4.74 Å². The number of carbonyl (C=O) groups excluding carboxylic acids is 1. The molecule has 2 rings (SSSR count). The van der Waals surface area contributed by atoms with Crippen LogP contribution in [0.2, 0.25) is 0 Å². The molecule has 22 heavy (non-hydrogen) atoms. The quantitative estimate of drug-likeness (QED) is 0.860. The van der Waals surface area contributed by atoms with Crippen molar-refractivity contribution in [3.05, 3.63) is 53.6 Å². The molecule has 0 aromatic heterocycles. The van der Waals surface area contributed by atoms with E-state index in [1.54, 1.807) is 12.1 Å². The third kappa shape index (κ3) is 3.46. The second-order valence-electron chi connectivity index (χ2n) is 4.89. The Kier molecular flexibility index (Phi) is 4.51. The van der Waals surface area contributed by atoms with Crippen LogP contribution in [0.4, 0.5) is 5.69 Å². The standard InChI is InChI=1S/C16H17NO4S/c1-11-4-9-16(21-3)15(10-11)17-22(19,20)14-7-5-13(6-8-14)12(2)18/h4-10,17H,1-3H3. The van der Waals surface area contributed by atoms with E-state index < -0.39 is 10.0 Å². The highest BCUT2D eigenvalue weighted by atomic mass is 32.2. The summed E-state index contributed by atoms with van der Waals surface area (Å²) in [6, 6.07) is 11.0. The molecule has 0 heterocycles. The number of ketones is 1. The number of hydrogen-bond donors (Lipinski definition) is 1. The number of aryl methyl sites for hydroxylation is 1.